The molecule has 1 aromatic rings. The van der Waals surface area contributed by atoms with Crippen LogP contribution in [0.15, 0.2) is 18.2 Å². The van der Waals surface area contributed by atoms with E-state index in [2.05, 4.69) is 10.6 Å². The van der Waals surface area contributed by atoms with Gasteiger partial charge in [0.1, 0.15) is 12.0 Å². The van der Waals surface area contributed by atoms with Crippen molar-refractivity contribution in [1.29, 1.82) is 0 Å². The summed E-state index contributed by atoms with van der Waals surface area (Å²) in [6.07, 6.45) is -4.17. The zero-order valence-corrected chi connectivity index (χ0v) is 12.7. The number of nitrogens with one attached hydrogen (secondary N) is 2. The summed E-state index contributed by atoms with van der Waals surface area (Å²) in [6, 6.07) is 0.939. The molecule has 1 aromatic carbocycles. The molecule has 2 fully saturated rings. The molecule has 0 radical (unpaired) electrons. The molecule has 0 aromatic heterocycles. The Balaban J connectivity index is 1.78. The van der Waals surface area contributed by atoms with Gasteiger partial charge in [-0.15, -0.1) is 0 Å². The van der Waals surface area contributed by atoms with E-state index >= 15 is 0 Å². The molecule has 3 nitrogen and oxygen atoms in total. The molecule has 2 aliphatic rings. The van der Waals surface area contributed by atoms with E-state index in [9.17, 15) is 26.7 Å². The number of halogens is 5. The molecule has 3 rings (SSSR count). The smallest absolute Gasteiger partial charge is 0.348 e. The lowest BCUT2D eigenvalue weighted by atomic mass is 9.99. The molecule has 1 saturated carbocycles. The molecule has 132 valence electrons. The van der Waals surface area contributed by atoms with Gasteiger partial charge in [-0.3, -0.25) is 4.79 Å². The number of benzene rings is 1. The van der Waals surface area contributed by atoms with Gasteiger partial charge in [-0.25, -0.2) is 8.78 Å². The molecule has 24 heavy (non-hydrogen) atoms. The quantitative estimate of drug-likeness (QED) is 0.821. The number of rotatable bonds is 4. The lowest BCUT2D eigenvalue weighted by molar-refractivity contribution is -0.137. The van der Waals surface area contributed by atoms with Gasteiger partial charge < -0.3 is 10.6 Å². The highest BCUT2D eigenvalue weighted by Gasteiger charge is 2.39. The van der Waals surface area contributed by atoms with Crippen molar-refractivity contribution in [3.63, 3.8) is 0 Å². The van der Waals surface area contributed by atoms with Crippen molar-refractivity contribution < 1.29 is 26.7 Å². The lowest BCUT2D eigenvalue weighted by Crippen LogP contribution is -2.42. The second-order valence-corrected chi connectivity index (χ2v) is 6.35. The predicted octanol–water partition coefficient (Wildman–Crippen LogP) is 3.11. The fourth-order valence-corrected chi connectivity index (χ4v) is 2.98. The molecule has 0 bridgehead atoms. The number of hydrogen-bond acceptors (Lipinski definition) is 2. The van der Waals surface area contributed by atoms with Crippen molar-refractivity contribution in [2.45, 2.75) is 43.7 Å². The van der Waals surface area contributed by atoms with Gasteiger partial charge >= 0.3 is 6.18 Å². The minimum absolute atomic E-state index is 0.0113. The fourth-order valence-electron chi connectivity index (χ4n) is 2.98. The van der Waals surface area contributed by atoms with E-state index in [1.165, 1.54) is 0 Å². The minimum Gasteiger partial charge on any atom is -0.348 e. The van der Waals surface area contributed by atoms with Crippen LogP contribution >= 0.6 is 0 Å². The Bertz CT molecular complexity index is 629. The monoisotopic (exact) mass is 348 g/mol. The molecule has 8 heteroatoms. The first-order chi connectivity index (χ1) is 11.3. The van der Waals surface area contributed by atoms with E-state index in [1.807, 2.05) is 0 Å². The summed E-state index contributed by atoms with van der Waals surface area (Å²) in [4.78, 5) is 12.2. The average Bonchev–Trinajstić information content (AvgIpc) is 3.25. The van der Waals surface area contributed by atoms with Crippen LogP contribution in [0.1, 0.15) is 36.4 Å². The van der Waals surface area contributed by atoms with Crippen LogP contribution in [0.3, 0.4) is 0 Å². The molecule has 2 N–H and O–H groups in total. The Morgan fingerprint density at radius 3 is 2.50 bits per heavy atom. The van der Waals surface area contributed by atoms with E-state index in [1.54, 1.807) is 0 Å². The van der Waals surface area contributed by atoms with Gasteiger partial charge in [0.25, 0.3) is 0 Å². The Morgan fingerprint density at radius 2 is 2.00 bits per heavy atom. The maximum absolute atomic E-state index is 14.2. The van der Waals surface area contributed by atoms with Gasteiger partial charge in [-0.05, 0) is 30.9 Å². The molecule has 1 saturated heterocycles. The van der Waals surface area contributed by atoms with Crippen molar-refractivity contribution in [2.75, 3.05) is 6.54 Å². The Labute approximate surface area is 135 Å². The highest BCUT2D eigenvalue weighted by Crippen LogP contribution is 2.42. The van der Waals surface area contributed by atoms with Gasteiger partial charge in [0.2, 0.25) is 5.91 Å². The normalized spacial score (nSPS) is 25.5. The van der Waals surface area contributed by atoms with Crippen molar-refractivity contribution in [2.24, 2.45) is 5.92 Å². The van der Waals surface area contributed by atoms with Gasteiger partial charge in [0.05, 0.1) is 17.6 Å². The highest BCUT2D eigenvalue weighted by atomic mass is 19.4. The lowest BCUT2D eigenvalue weighted by Gasteiger charge is -2.22. The van der Waals surface area contributed by atoms with Crippen LogP contribution in [-0.2, 0) is 11.0 Å². The first-order valence-corrected chi connectivity index (χ1v) is 7.80. The van der Waals surface area contributed by atoms with Crippen molar-refractivity contribution in [3.05, 3.63) is 35.1 Å². The van der Waals surface area contributed by atoms with Gasteiger partial charge in [-0.1, -0.05) is 6.07 Å². The van der Waals surface area contributed by atoms with Crippen LogP contribution in [0.2, 0.25) is 0 Å². The summed E-state index contributed by atoms with van der Waals surface area (Å²) in [5.41, 5.74) is -1.03. The van der Waals surface area contributed by atoms with Crippen molar-refractivity contribution in [3.8, 4) is 0 Å². The molecule has 0 unspecified atom stereocenters. The van der Waals surface area contributed by atoms with Crippen LogP contribution in [0.5, 0.6) is 0 Å². The molecule has 1 aliphatic carbocycles. The third-order valence-electron chi connectivity index (χ3n) is 4.45. The third kappa shape index (κ3) is 3.68. The van der Waals surface area contributed by atoms with E-state index in [4.69, 9.17) is 0 Å². The van der Waals surface area contributed by atoms with E-state index in [0.717, 1.165) is 25.0 Å². The van der Waals surface area contributed by atoms with E-state index < -0.39 is 41.7 Å². The van der Waals surface area contributed by atoms with Gasteiger partial charge in [-0.2, -0.15) is 13.2 Å². The summed E-state index contributed by atoms with van der Waals surface area (Å²) in [7, 11) is 0. The molecule has 1 amide bonds. The predicted molar refractivity (Wildman–Crippen MR) is 76.3 cm³/mol. The number of hydrogen-bond donors (Lipinski definition) is 2. The average molecular weight is 348 g/mol. The summed E-state index contributed by atoms with van der Waals surface area (Å²) in [5.74, 6) is -1.46. The third-order valence-corrected chi connectivity index (χ3v) is 4.45. The van der Waals surface area contributed by atoms with E-state index in [-0.39, 0.29) is 24.4 Å². The molecule has 0 spiro atoms. The summed E-state index contributed by atoms with van der Waals surface area (Å²) in [6.45, 7) is 0.0841. The number of amides is 1. The Hall–Kier alpha value is -1.70. The number of carbonyl (C=O) groups is 1. The first kappa shape index (κ1) is 17.1. The van der Waals surface area contributed by atoms with Crippen LogP contribution in [-0.4, -0.2) is 24.7 Å². The standard InChI is InChI=1S/C16H17F5N2O/c17-10-6-13(22-7-10)15(24)23-14(8-1-2-8)11-4-3-9(5-12(11)18)16(19,20)21/h3-5,8,10,13-14,22H,1-2,6-7H2,(H,23,24)/t10-,13+,14+/m0/s1. The SMILES string of the molecule is O=C(N[C@@H](c1ccc(C(F)(F)F)cc1F)C1CC1)[C@H]1C[C@H](F)CN1. The maximum atomic E-state index is 14.2. The zero-order chi connectivity index (χ0) is 17.5. The first-order valence-electron chi connectivity index (χ1n) is 7.80. The second-order valence-electron chi connectivity index (χ2n) is 6.35. The van der Waals surface area contributed by atoms with Crippen molar-refractivity contribution in [1.82, 2.24) is 10.6 Å². The zero-order valence-electron chi connectivity index (χ0n) is 12.7. The number of carbonyl (C=O) groups excluding carboxylic acids is 1. The van der Waals surface area contributed by atoms with Crippen molar-refractivity contribution >= 4 is 5.91 Å². The minimum atomic E-state index is -4.62. The number of alkyl halides is 4. The van der Waals surface area contributed by atoms with Crippen LogP contribution < -0.4 is 10.6 Å². The Kier molecular flexibility index (Phi) is 4.50. The summed E-state index contributed by atoms with van der Waals surface area (Å²) < 4.78 is 65.3. The summed E-state index contributed by atoms with van der Waals surface area (Å²) in [5, 5.41) is 5.40. The molecule has 3 atom stereocenters. The summed E-state index contributed by atoms with van der Waals surface area (Å²) >= 11 is 0. The van der Waals surface area contributed by atoms with Crippen LogP contribution in [0, 0.1) is 11.7 Å². The maximum Gasteiger partial charge on any atom is 0.416 e. The molecule has 1 heterocycles. The molecular formula is C16H17F5N2O. The fraction of sp³-hybridized carbons (Fsp3) is 0.562. The van der Waals surface area contributed by atoms with Gasteiger partial charge in [0, 0.05) is 18.5 Å². The van der Waals surface area contributed by atoms with Crippen LogP contribution in [0.4, 0.5) is 22.0 Å². The molecular weight excluding hydrogens is 331 g/mol. The Morgan fingerprint density at radius 1 is 1.29 bits per heavy atom. The molecule has 1 aliphatic heterocycles. The largest absolute Gasteiger partial charge is 0.416 e. The van der Waals surface area contributed by atoms with Crippen LogP contribution in [0.25, 0.3) is 0 Å². The van der Waals surface area contributed by atoms with E-state index in [0.29, 0.717) is 6.07 Å². The topological polar surface area (TPSA) is 41.1 Å². The van der Waals surface area contributed by atoms with Gasteiger partial charge in [0.15, 0.2) is 0 Å². The second kappa shape index (κ2) is 6.31. The highest BCUT2D eigenvalue weighted by molar-refractivity contribution is 5.82.